The Morgan fingerprint density at radius 3 is 2.18 bits per heavy atom. The fourth-order valence-corrected chi connectivity index (χ4v) is 2.78. The molecular weight excluding hydrogens is 364 g/mol. The van der Waals surface area contributed by atoms with Crippen LogP contribution in [-0.4, -0.2) is 69.7 Å². The smallest absolute Gasteiger partial charge is 0.410 e. The van der Waals surface area contributed by atoms with Gasteiger partial charge in [-0.2, -0.15) is 0 Å². The Morgan fingerprint density at radius 2 is 1.68 bits per heavy atom. The van der Waals surface area contributed by atoms with Crippen molar-refractivity contribution in [1.82, 2.24) is 25.4 Å². The Morgan fingerprint density at radius 1 is 1.11 bits per heavy atom. The van der Waals surface area contributed by atoms with E-state index < -0.39 is 17.6 Å². The standard InChI is InChI=1S/C18H28N6O4/c1-11(2)12-10-13(21-22-14(12)15(25)20-19)16(26)23-6-8-24(9-7-23)17(27)28-18(3,4)5/h10-11H,6-9,19H2,1-5H3,(H,20,25). The molecule has 3 N–H and O–H groups in total. The molecule has 0 spiro atoms. The first-order valence-electron chi connectivity index (χ1n) is 9.19. The lowest BCUT2D eigenvalue weighted by Crippen LogP contribution is -2.51. The van der Waals surface area contributed by atoms with Gasteiger partial charge >= 0.3 is 6.09 Å². The molecule has 1 aliphatic rings. The SMILES string of the molecule is CC(C)c1cc(C(=O)N2CCN(C(=O)OC(C)(C)C)CC2)nnc1C(=O)NN. The topological polar surface area (TPSA) is 131 Å². The lowest BCUT2D eigenvalue weighted by atomic mass is 10.0. The summed E-state index contributed by atoms with van der Waals surface area (Å²) in [7, 11) is 0. The van der Waals surface area contributed by atoms with Crippen LogP contribution in [0.4, 0.5) is 4.79 Å². The van der Waals surface area contributed by atoms with Crippen LogP contribution in [0.3, 0.4) is 0 Å². The van der Waals surface area contributed by atoms with Gasteiger partial charge in [0.15, 0.2) is 11.4 Å². The van der Waals surface area contributed by atoms with E-state index in [0.29, 0.717) is 31.7 Å². The number of piperazine rings is 1. The molecule has 1 aromatic rings. The summed E-state index contributed by atoms with van der Waals surface area (Å²) in [4.78, 5) is 40.0. The van der Waals surface area contributed by atoms with Crippen LogP contribution in [0.2, 0.25) is 0 Å². The summed E-state index contributed by atoms with van der Waals surface area (Å²) in [6.45, 7) is 10.7. The minimum Gasteiger partial charge on any atom is -0.444 e. The number of carbonyl (C=O) groups is 3. The van der Waals surface area contributed by atoms with Crippen LogP contribution in [0.5, 0.6) is 0 Å². The Balaban J connectivity index is 2.08. The van der Waals surface area contributed by atoms with Crippen LogP contribution in [0.25, 0.3) is 0 Å². The third-order valence-electron chi connectivity index (χ3n) is 4.23. The number of nitrogen functional groups attached to an aromatic ring is 1. The molecule has 0 saturated carbocycles. The normalized spacial score (nSPS) is 14.8. The fraction of sp³-hybridized carbons (Fsp3) is 0.611. The Bertz CT molecular complexity index is 751. The summed E-state index contributed by atoms with van der Waals surface area (Å²) in [5.74, 6) is 4.29. The number of hydrogen-bond acceptors (Lipinski definition) is 7. The summed E-state index contributed by atoms with van der Waals surface area (Å²) in [5, 5.41) is 7.80. The number of aromatic nitrogens is 2. The van der Waals surface area contributed by atoms with Gasteiger partial charge < -0.3 is 14.5 Å². The van der Waals surface area contributed by atoms with E-state index in [9.17, 15) is 14.4 Å². The summed E-state index contributed by atoms with van der Waals surface area (Å²) < 4.78 is 5.36. The number of amides is 3. The van der Waals surface area contributed by atoms with Gasteiger partial charge in [-0.1, -0.05) is 13.8 Å². The van der Waals surface area contributed by atoms with Crippen LogP contribution in [0.15, 0.2) is 6.07 Å². The number of nitrogens with zero attached hydrogens (tertiary/aromatic N) is 4. The van der Waals surface area contributed by atoms with Gasteiger partial charge in [-0.25, -0.2) is 10.6 Å². The van der Waals surface area contributed by atoms with Crippen molar-refractivity contribution in [2.75, 3.05) is 26.2 Å². The molecule has 10 heteroatoms. The van der Waals surface area contributed by atoms with Crippen molar-refractivity contribution in [3.05, 3.63) is 23.0 Å². The summed E-state index contributed by atoms with van der Waals surface area (Å²) in [6, 6.07) is 1.57. The molecule has 10 nitrogen and oxygen atoms in total. The molecule has 2 rings (SSSR count). The molecule has 2 heterocycles. The van der Waals surface area contributed by atoms with Crippen molar-refractivity contribution >= 4 is 17.9 Å². The van der Waals surface area contributed by atoms with E-state index >= 15 is 0 Å². The second kappa shape index (κ2) is 8.51. The largest absolute Gasteiger partial charge is 0.444 e. The van der Waals surface area contributed by atoms with E-state index in [0.717, 1.165) is 0 Å². The quantitative estimate of drug-likeness (QED) is 0.444. The van der Waals surface area contributed by atoms with Crippen LogP contribution < -0.4 is 11.3 Å². The van der Waals surface area contributed by atoms with E-state index in [2.05, 4.69) is 10.2 Å². The predicted octanol–water partition coefficient (Wildman–Crippen LogP) is 0.896. The number of carbonyl (C=O) groups excluding carboxylic acids is 3. The van der Waals surface area contributed by atoms with Crippen molar-refractivity contribution < 1.29 is 19.1 Å². The molecular formula is C18H28N6O4. The van der Waals surface area contributed by atoms with Crippen molar-refractivity contribution in [3.8, 4) is 0 Å². The molecule has 1 aliphatic heterocycles. The minimum atomic E-state index is -0.565. The van der Waals surface area contributed by atoms with Crippen molar-refractivity contribution in [3.63, 3.8) is 0 Å². The highest BCUT2D eigenvalue weighted by Crippen LogP contribution is 2.19. The fourth-order valence-electron chi connectivity index (χ4n) is 2.78. The monoisotopic (exact) mass is 392 g/mol. The highest BCUT2D eigenvalue weighted by atomic mass is 16.6. The molecule has 3 amide bonds. The molecule has 0 radical (unpaired) electrons. The van der Waals surface area contributed by atoms with Crippen molar-refractivity contribution in [2.24, 2.45) is 5.84 Å². The number of hydrogen-bond donors (Lipinski definition) is 2. The predicted molar refractivity (Wildman–Crippen MR) is 101 cm³/mol. The van der Waals surface area contributed by atoms with Crippen molar-refractivity contribution in [2.45, 2.75) is 46.1 Å². The molecule has 1 fully saturated rings. The minimum absolute atomic E-state index is 0.0432. The van der Waals surface area contributed by atoms with Crippen molar-refractivity contribution in [1.29, 1.82) is 0 Å². The molecule has 0 aromatic carbocycles. The third kappa shape index (κ3) is 5.16. The first-order valence-corrected chi connectivity index (χ1v) is 9.19. The third-order valence-corrected chi connectivity index (χ3v) is 4.23. The van der Waals surface area contributed by atoms with Gasteiger partial charge in [-0.05, 0) is 38.3 Å². The average Bonchev–Trinajstić information content (AvgIpc) is 2.65. The Labute approximate surface area is 164 Å². The first-order chi connectivity index (χ1) is 13.0. The summed E-state index contributed by atoms with van der Waals surface area (Å²) >= 11 is 0. The molecule has 154 valence electrons. The van der Waals surface area contributed by atoms with Gasteiger partial charge in [0.2, 0.25) is 0 Å². The number of rotatable bonds is 3. The molecule has 28 heavy (non-hydrogen) atoms. The van der Waals surface area contributed by atoms with E-state index in [4.69, 9.17) is 10.6 Å². The van der Waals surface area contributed by atoms with Crippen LogP contribution in [-0.2, 0) is 4.74 Å². The highest BCUT2D eigenvalue weighted by molar-refractivity contribution is 5.96. The van der Waals surface area contributed by atoms with E-state index in [1.165, 1.54) is 0 Å². The van der Waals surface area contributed by atoms with Gasteiger partial charge in [0.05, 0.1) is 0 Å². The van der Waals surface area contributed by atoms with E-state index in [1.54, 1.807) is 15.9 Å². The molecule has 0 bridgehead atoms. The van der Waals surface area contributed by atoms with Gasteiger partial charge in [0.25, 0.3) is 11.8 Å². The second-order valence-corrected chi connectivity index (χ2v) is 7.92. The summed E-state index contributed by atoms with van der Waals surface area (Å²) in [6.07, 6.45) is -0.390. The van der Waals surface area contributed by atoms with Gasteiger partial charge in [0, 0.05) is 26.2 Å². The lowest BCUT2D eigenvalue weighted by Gasteiger charge is -2.35. The van der Waals surface area contributed by atoms with Gasteiger partial charge in [0.1, 0.15) is 5.60 Å². The van der Waals surface area contributed by atoms with E-state index in [-0.39, 0.29) is 23.2 Å². The molecule has 1 aromatic heterocycles. The zero-order chi connectivity index (χ0) is 21.1. The van der Waals surface area contributed by atoms with Crippen LogP contribution in [0.1, 0.15) is 67.1 Å². The zero-order valence-electron chi connectivity index (χ0n) is 17.0. The molecule has 0 aliphatic carbocycles. The van der Waals surface area contributed by atoms with E-state index in [1.807, 2.05) is 40.0 Å². The average molecular weight is 392 g/mol. The second-order valence-electron chi connectivity index (χ2n) is 7.92. The Kier molecular flexibility index (Phi) is 6.55. The molecule has 0 unspecified atom stereocenters. The zero-order valence-corrected chi connectivity index (χ0v) is 17.0. The van der Waals surface area contributed by atoms with Crippen LogP contribution in [0, 0.1) is 0 Å². The number of ether oxygens (including phenoxy) is 1. The molecule has 1 saturated heterocycles. The maximum Gasteiger partial charge on any atom is 0.410 e. The lowest BCUT2D eigenvalue weighted by molar-refractivity contribution is 0.0140. The first kappa shape index (κ1) is 21.5. The van der Waals surface area contributed by atoms with Gasteiger partial charge in [-0.15, -0.1) is 10.2 Å². The maximum absolute atomic E-state index is 12.8. The number of nitrogens with one attached hydrogen (secondary N) is 1. The van der Waals surface area contributed by atoms with Gasteiger partial charge in [-0.3, -0.25) is 15.0 Å². The number of hydrazine groups is 1. The number of nitrogens with two attached hydrogens (primary N) is 1. The summed E-state index contributed by atoms with van der Waals surface area (Å²) in [5.41, 5.74) is 2.32. The Hall–Kier alpha value is -2.75. The van der Waals surface area contributed by atoms with Crippen LogP contribution >= 0.6 is 0 Å². The maximum atomic E-state index is 12.8. The molecule has 0 atom stereocenters. The highest BCUT2D eigenvalue weighted by Gasteiger charge is 2.29.